The summed E-state index contributed by atoms with van der Waals surface area (Å²) in [6.45, 7) is -0.124. The minimum absolute atomic E-state index is 0.166. The fourth-order valence-electron chi connectivity index (χ4n) is 3.00. The van der Waals surface area contributed by atoms with Crippen LogP contribution < -0.4 is 10.6 Å². The van der Waals surface area contributed by atoms with Gasteiger partial charge in [-0.15, -0.1) is 0 Å². The van der Waals surface area contributed by atoms with Crippen molar-refractivity contribution in [3.8, 4) is 0 Å². The second kappa shape index (κ2) is 13.1. The van der Waals surface area contributed by atoms with Gasteiger partial charge < -0.3 is 20.5 Å². The highest BCUT2D eigenvalue weighted by molar-refractivity contribution is 6.42. The average molecular weight is 548 g/mol. The number of halogens is 3. The van der Waals surface area contributed by atoms with E-state index in [9.17, 15) is 19.5 Å². The van der Waals surface area contributed by atoms with Gasteiger partial charge in [0.2, 0.25) is 0 Å². The number of carboxylic acids is 1. The molecule has 7 nitrogen and oxygen atoms in total. The van der Waals surface area contributed by atoms with Gasteiger partial charge in [0.25, 0.3) is 11.8 Å². The lowest BCUT2D eigenvalue weighted by Crippen LogP contribution is -2.46. The summed E-state index contributed by atoms with van der Waals surface area (Å²) in [6.07, 6.45) is 1.36. The summed E-state index contributed by atoms with van der Waals surface area (Å²) in [5.74, 6) is -2.73. The number of carboxylic acid groups (broad SMARTS) is 1. The fraction of sp³-hybridized carbons (Fsp3) is 0.115. The number of hydrogen-bond acceptors (Lipinski definition) is 4. The predicted molar refractivity (Wildman–Crippen MR) is 139 cm³/mol. The monoisotopic (exact) mass is 546 g/mol. The van der Waals surface area contributed by atoms with E-state index >= 15 is 0 Å². The van der Waals surface area contributed by atoms with Crippen LogP contribution in [0.1, 0.15) is 21.5 Å². The molecule has 0 heterocycles. The van der Waals surface area contributed by atoms with Crippen molar-refractivity contribution in [2.75, 3.05) is 6.61 Å². The van der Waals surface area contributed by atoms with Crippen molar-refractivity contribution in [1.82, 2.24) is 10.6 Å². The molecule has 0 aliphatic carbocycles. The van der Waals surface area contributed by atoms with Gasteiger partial charge in [-0.1, -0.05) is 71.2 Å². The molecule has 3 aromatic rings. The maximum Gasteiger partial charge on any atom is 0.328 e. The van der Waals surface area contributed by atoms with Crippen LogP contribution in [-0.2, 0) is 20.9 Å². The van der Waals surface area contributed by atoms with Gasteiger partial charge in [0, 0.05) is 10.6 Å². The second-order valence-electron chi connectivity index (χ2n) is 7.56. The van der Waals surface area contributed by atoms with Gasteiger partial charge in [0.1, 0.15) is 5.70 Å². The molecule has 1 atom stereocenters. The Labute approximate surface area is 222 Å². The van der Waals surface area contributed by atoms with Crippen LogP contribution in [0.3, 0.4) is 0 Å². The summed E-state index contributed by atoms with van der Waals surface area (Å²) in [5.41, 5.74) is 1.34. The first-order valence-corrected chi connectivity index (χ1v) is 11.8. The second-order valence-corrected chi connectivity index (χ2v) is 8.81. The Morgan fingerprint density at radius 1 is 0.917 bits per heavy atom. The van der Waals surface area contributed by atoms with E-state index < -0.39 is 23.8 Å². The standard InChI is InChI=1S/C26H21Cl3N2O5/c27-19-9-7-18(8-10-19)24(32)30-22(13-17-6-11-20(28)21(29)12-17)25(33)31-23(26(34)35)15-36-14-16-4-2-1-3-5-16/h1-13,23H,14-15H2,(H,30,32)(H,31,33)(H,34,35)/b22-13+/t23-/m0/s1. The third-order valence-corrected chi connectivity index (χ3v) is 5.84. The number of rotatable bonds is 10. The molecule has 0 radical (unpaired) electrons. The minimum atomic E-state index is -1.37. The van der Waals surface area contributed by atoms with Crippen LogP contribution in [0.5, 0.6) is 0 Å². The number of carbonyl (C=O) groups excluding carboxylic acids is 2. The van der Waals surface area contributed by atoms with Crippen LogP contribution in [-0.4, -0.2) is 35.5 Å². The van der Waals surface area contributed by atoms with Crippen LogP contribution in [0.2, 0.25) is 15.1 Å². The quantitative estimate of drug-likeness (QED) is 0.303. The Balaban J connectivity index is 1.79. The third kappa shape index (κ3) is 8.10. The van der Waals surface area contributed by atoms with E-state index in [0.29, 0.717) is 15.6 Å². The zero-order chi connectivity index (χ0) is 26.1. The van der Waals surface area contributed by atoms with Gasteiger partial charge in [-0.05, 0) is 53.6 Å². The molecule has 0 spiro atoms. The highest BCUT2D eigenvalue weighted by atomic mass is 35.5. The van der Waals surface area contributed by atoms with Gasteiger partial charge in [-0.25, -0.2) is 4.79 Å². The molecule has 10 heteroatoms. The van der Waals surface area contributed by atoms with Gasteiger partial charge in [-0.2, -0.15) is 0 Å². The maximum absolute atomic E-state index is 13.1. The van der Waals surface area contributed by atoms with E-state index in [0.717, 1.165) is 5.56 Å². The summed E-state index contributed by atoms with van der Waals surface area (Å²) >= 11 is 17.9. The molecule has 0 unspecified atom stereocenters. The van der Waals surface area contributed by atoms with Gasteiger partial charge in [0.05, 0.1) is 23.3 Å². The highest BCUT2D eigenvalue weighted by Gasteiger charge is 2.23. The van der Waals surface area contributed by atoms with E-state index in [2.05, 4.69) is 10.6 Å². The van der Waals surface area contributed by atoms with Crippen molar-refractivity contribution in [2.24, 2.45) is 0 Å². The van der Waals surface area contributed by atoms with Crippen LogP contribution in [0.15, 0.2) is 78.5 Å². The lowest BCUT2D eigenvalue weighted by atomic mass is 10.1. The van der Waals surface area contributed by atoms with Crippen LogP contribution >= 0.6 is 34.8 Å². The van der Waals surface area contributed by atoms with E-state index in [1.54, 1.807) is 6.07 Å². The average Bonchev–Trinajstić information content (AvgIpc) is 2.86. The first-order valence-electron chi connectivity index (χ1n) is 10.6. The van der Waals surface area contributed by atoms with Crippen molar-refractivity contribution in [3.05, 3.63) is 110 Å². The third-order valence-electron chi connectivity index (χ3n) is 4.85. The lowest BCUT2D eigenvalue weighted by molar-refractivity contribution is -0.143. The molecule has 3 N–H and O–H groups in total. The summed E-state index contributed by atoms with van der Waals surface area (Å²) in [4.78, 5) is 37.6. The van der Waals surface area contributed by atoms with Crippen molar-refractivity contribution in [3.63, 3.8) is 0 Å². The summed E-state index contributed by atoms with van der Waals surface area (Å²) in [6, 6.07) is 18.5. The van der Waals surface area contributed by atoms with Crippen LogP contribution in [0, 0.1) is 0 Å². The zero-order valence-corrected chi connectivity index (χ0v) is 21.0. The Bertz CT molecular complexity index is 1260. The van der Waals surface area contributed by atoms with Gasteiger partial charge in [0.15, 0.2) is 6.04 Å². The van der Waals surface area contributed by atoms with Crippen molar-refractivity contribution in [2.45, 2.75) is 12.6 Å². The molecular weight excluding hydrogens is 527 g/mol. The molecule has 3 rings (SSSR count). The van der Waals surface area contributed by atoms with E-state index in [-0.39, 0.29) is 29.5 Å². The molecule has 36 heavy (non-hydrogen) atoms. The molecule has 0 aliphatic heterocycles. The number of ether oxygens (including phenoxy) is 1. The van der Waals surface area contributed by atoms with Crippen LogP contribution in [0.4, 0.5) is 0 Å². The molecule has 0 saturated carbocycles. The van der Waals surface area contributed by atoms with E-state index in [1.165, 1.54) is 42.5 Å². The number of amides is 2. The van der Waals surface area contributed by atoms with Crippen molar-refractivity contribution < 1.29 is 24.2 Å². The lowest BCUT2D eigenvalue weighted by Gasteiger charge is -2.17. The Hall–Kier alpha value is -3.36. The molecular formula is C26H21Cl3N2O5. The molecule has 3 aromatic carbocycles. The predicted octanol–water partition coefficient (Wildman–Crippen LogP) is 5.20. The molecule has 2 amide bonds. The number of benzene rings is 3. The summed E-state index contributed by atoms with van der Waals surface area (Å²) in [5, 5.41) is 15.5. The molecule has 0 fully saturated rings. The van der Waals surface area contributed by atoms with Gasteiger partial charge >= 0.3 is 5.97 Å². The van der Waals surface area contributed by atoms with E-state index in [1.807, 2.05) is 30.3 Å². The number of hydrogen-bond donors (Lipinski definition) is 3. The largest absolute Gasteiger partial charge is 0.480 e. The molecule has 0 aromatic heterocycles. The molecule has 0 bridgehead atoms. The molecule has 0 aliphatic rings. The molecule has 186 valence electrons. The Kier molecular flexibility index (Phi) is 9.90. The Morgan fingerprint density at radius 2 is 1.61 bits per heavy atom. The number of nitrogens with one attached hydrogen (secondary N) is 2. The first-order chi connectivity index (χ1) is 17.2. The number of aliphatic carboxylic acids is 1. The zero-order valence-electron chi connectivity index (χ0n) is 18.7. The van der Waals surface area contributed by atoms with Gasteiger partial charge in [-0.3, -0.25) is 9.59 Å². The first kappa shape index (κ1) is 27.2. The fourth-order valence-corrected chi connectivity index (χ4v) is 3.44. The number of carbonyl (C=O) groups is 3. The topological polar surface area (TPSA) is 105 Å². The smallest absolute Gasteiger partial charge is 0.328 e. The SMILES string of the molecule is O=C(N[C@@H](COCc1ccccc1)C(=O)O)/C(=C\c1ccc(Cl)c(Cl)c1)NC(=O)c1ccc(Cl)cc1. The van der Waals surface area contributed by atoms with Crippen molar-refractivity contribution >= 4 is 58.7 Å². The normalized spacial score (nSPS) is 12.0. The Morgan fingerprint density at radius 3 is 2.25 bits per heavy atom. The maximum atomic E-state index is 13.1. The van der Waals surface area contributed by atoms with Crippen molar-refractivity contribution in [1.29, 1.82) is 0 Å². The molecule has 0 saturated heterocycles. The minimum Gasteiger partial charge on any atom is -0.480 e. The van der Waals surface area contributed by atoms with Crippen LogP contribution in [0.25, 0.3) is 6.08 Å². The van der Waals surface area contributed by atoms with E-state index in [4.69, 9.17) is 39.5 Å². The highest BCUT2D eigenvalue weighted by Crippen LogP contribution is 2.23. The summed E-state index contributed by atoms with van der Waals surface area (Å²) < 4.78 is 5.49. The summed E-state index contributed by atoms with van der Waals surface area (Å²) in [7, 11) is 0.